The van der Waals surface area contributed by atoms with Gasteiger partial charge in [0.15, 0.2) is 6.10 Å². The van der Waals surface area contributed by atoms with Crippen LogP contribution < -0.4 is 0 Å². The van der Waals surface area contributed by atoms with E-state index in [1.807, 2.05) is 26.0 Å². The Morgan fingerprint density at radius 1 is 0.780 bits per heavy atom. The summed E-state index contributed by atoms with van der Waals surface area (Å²) in [6.45, 7) is 11.8. The average molecular weight is 583 g/mol. The molecule has 0 rings (SSSR count). The second kappa shape index (κ2) is 20.7. The topological polar surface area (TPSA) is 179 Å². The molecule has 236 valence electrons. The molecule has 0 aromatic rings. The molecule has 0 aliphatic rings. The van der Waals surface area contributed by atoms with E-state index in [1.165, 1.54) is 18.2 Å². The zero-order valence-corrected chi connectivity index (χ0v) is 25.5. The Kier molecular flexibility index (Phi) is 19.7. The van der Waals surface area contributed by atoms with Crippen LogP contribution in [-0.2, 0) is 4.79 Å². The third-order valence-electron chi connectivity index (χ3n) is 7.14. The Bertz CT molecular complexity index is 905. The van der Waals surface area contributed by atoms with Gasteiger partial charge in [0.05, 0.1) is 37.1 Å². The number of allylic oxidation sites excluding steroid dienone is 1. The minimum Gasteiger partial charge on any atom is -0.479 e. The Balaban J connectivity index is 4.92. The van der Waals surface area contributed by atoms with E-state index < -0.39 is 42.6 Å². The molecule has 0 saturated heterocycles. The molecule has 0 aromatic carbocycles. The lowest BCUT2D eigenvalue weighted by Gasteiger charge is -2.20. The first kappa shape index (κ1) is 38.9. The van der Waals surface area contributed by atoms with Crippen LogP contribution in [0, 0.1) is 17.8 Å². The number of carboxylic acids is 1. The Labute approximate surface area is 245 Å². The summed E-state index contributed by atoms with van der Waals surface area (Å²) in [5.41, 5.74) is 2.17. The fourth-order valence-corrected chi connectivity index (χ4v) is 4.41. The summed E-state index contributed by atoms with van der Waals surface area (Å²) in [5.74, 6) is -0.946. The maximum atomic E-state index is 10.8. The molecular weight excluding hydrogens is 528 g/mol. The van der Waals surface area contributed by atoms with Crippen molar-refractivity contribution < 1.29 is 45.6 Å². The van der Waals surface area contributed by atoms with E-state index in [0.717, 1.165) is 24.0 Å². The summed E-state index contributed by atoms with van der Waals surface area (Å²) >= 11 is 0. The fourth-order valence-electron chi connectivity index (χ4n) is 4.41. The quantitative estimate of drug-likeness (QED) is 0.0791. The molecular formula is C32H54O9. The summed E-state index contributed by atoms with van der Waals surface area (Å²) in [6, 6.07) is 0. The number of carboxylic acid groups (broad SMARTS) is 1. The standard InChI is InChI=1S/C32H54O9/c1-7-20(2)14-21(3)15-25(19-33)17-24(6)30(38)23(5)16-22(4)28(36)13-9-11-26(34)10-8-12-27(35)18-29(37)31(39)32(40)41/h8-9,11-12,15-17,20-21,23,26-31,33-39H,7,10,13-14,18-19H2,1-6H3,(H,40,41)/b11-9+,12-8+,22-16+,24-17+,25-15+. The van der Waals surface area contributed by atoms with Crippen molar-refractivity contribution in [2.24, 2.45) is 17.8 Å². The van der Waals surface area contributed by atoms with Gasteiger partial charge < -0.3 is 40.9 Å². The van der Waals surface area contributed by atoms with Crippen molar-refractivity contribution >= 4 is 5.97 Å². The molecule has 0 bridgehead atoms. The maximum Gasteiger partial charge on any atom is 0.335 e. The van der Waals surface area contributed by atoms with Crippen LogP contribution in [0.25, 0.3) is 0 Å². The van der Waals surface area contributed by atoms with E-state index in [0.29, 0.717) is 17.4 Å². The monoisotopic (exact) mass is 582 g/mol. The van der Waals surface area contributed by atoms with Gasteiger partial charge in [-0.2, -0.15) is 0 Å². The van der Waals surface area contributed by atoms with Gasteiger partial charge in [-0.25, -0.2) is 4.79 Å². The van der Waals surface area contributed by atoms with Crippen molar-refractivity contribution in [2.75, 3.05) is 6.61 Å². The van der Waals surface area contributed by atoms with E-state index in [1.54, 1.807) is 13.0 Å². The van der Waals surface area contributed by atoms with Gasteiger partial charge in [-0.05, 0) is 61.7 Å². The molecule has 41 heavy (non-hydrogen) atoms. The number of aliphatic hydroxyl groups is 7. The van der Waals surface area contributed by atoms with Crippen molar-refractivity contribution in [1.82, 2.24) is 0 Å². The summed E-state index contributed by atoms with van der Waals surface area (Å²) in [6.07, 6.45) is 6.46. The molecule has 0 aliphatic carbocycles. The lowest BCUT2D eigenvalue weighted by molar-refractivity contribution is -0.153. The van der Waals surface area contributed by atoms with E-state index in [9.17, 15) is 40.5 Å². The fraction of sp³-hybridized carbons (Fsp3) is 0.656. The number of rotatable bonds is 20. The second-order valence-electron chi connectivity index (χ2n) is 11.3. The first-order valence-corrected chi connectivity index (χ1v) is 14.4. The minimum absolute atomic E-state index is 0.106. The van der Waals surface area contributed by atoms with Crippen LogP contribution in [0.3, 0.4) is 0 Å². The van der Waals surface area contributed by atoms with Gasteiger partial charge >= 0.3 is 5.97 Å². The molecule has 0 saturated carbocycles. The van der Waals surface area contributed by atoms with Gasteiger partial charge in [-0.3, -0.25) is 0 Å². The van der Waals surface area contributed by atoms with Crippen molar-refractivity contribution in [3.8, 4) is 0 Å². The predicted molar refractivity (Wildman–Crippen MR) is 161 cm³/mol. The van der Waals surface area contributed by atoms with E-state index in [2.05, 4.69) is 26.8 Å². The Hall–Kier alpha value is -2.11. The van der Waals surface area contributed by atoms with E-state index >= 15 is 0 Å². The van der Waals surface area contributed by atoms with Crippen molar-refractivity contribution in [2.45, 2.75) is 110 Å². The lowest BCUT2D eigenvalue weighted by atomic mass is 9.91. The van der Waals surface area contributed by atoms with Crippen LogP contribution in [0.2, 0.25) is 0 Å². The van der Waals surface area contributed by atoms with Gasteiger partial charge in [0.1, 0.15) is 0 Å². The molecule has 0 aromatic heterocycles. The molecule has 0 heterocycles. The zero-order chi connectivity index (χ0) is 31.7. The normalized spacial score (nSPS) is 20.5. The third-order valence-corrected chi connectivity index (χ3v) is 7.14. The Morgan fingerprint density at radius 3 is 1.93 bits per heavy atom. The average Bonchev–Trinajstić information content (AvgIpc) is 2.90. The van der Waals surface area contributed by atoms with Crippen LogP contribution in [0.1, 0.15) is 73.6 Å². The number of aliphatic carboxylic acids is 1. The summed E-state index contributed by atoms with van der Waals surface area (Å²) in [5, 5.41) is 78.5. The van der Waals surface area contributed by atoms with E-state index in [-0.39, 0.29) is 31.8 Å². The highest BCUT2D eigenvalue weighted by atomic mass is 16.4. The van der Waals surface area contributed by atoms with Crippen molar-refractivity contribution in [1.29, 1.82) is 0 Å². The van der Waals surface area contributed by atoms with Crippen LogP contribution in [0.15, 0.2) is 59.3 Å². The van der Waals surface area contributed by atoms with Gasteiger partial charge in [0.2, 0.25) is 0 Å². The zero-order valence-electron chi connectivity index (χ0n) is 25.5. The Morgan fingerprint density at radius 2 is 1.37 bits per heavy atom. The number of aliphatic hydroxyl groups excluding tert-OH is 7. The SMILES string of the molecule is CCC(C)CC(C)/C=C(\C=C(/C)C(O)C(C)/C=C(\C)C(O)C/C=C/C(O)C/C=C/C(O)CC(O)C(O)C(=O)O)CO. The van der Waals surface area contributed by atoms with Crippen LogP contribution in [0.4, 0.5) is 0 Å². The molecule has 0 fully saturated rings. The first-order valence-electron chi connectivity index (χ1n) is 14.4. The van der Waals surface area contributed by atoms with Crippen LogP contribution in [-0.4, -0.2) is 90.1 Å². The number of hydrogen-bond donors (Lipinski definition) is 8. The first-order chi connectivity index (χ1) is 19.1. The van der Waals surface area contributed by atoms with Crippen molar-refractivity contribution in [3.63, 3.8) is 0 Å². The smallest absolute Gasteiger partial charge is 0.335 e. The predicted octanol–water partition coefficient (Wildman–Crippen LogP) is 3.04. The largest absolute Gasteiger partial charge is 0.479 e. The van der Waals surface area contributed by atoms with Gasteiger partial charge in [-0.15, -0.1) is 0 Å². The van der Waals surface area contributed by atoms with E-state index in [4.69, 9.17) is 5.11 Å². The van der Waals surface area contributed by atoms with Gasteiger partial charge in [0.25, 0.3) is 0 Å². The third kappa shape index (κ3) is 16.8. The molecule has 9 nitrogen and oxygen atoms in total. The molecule has 0 radical (unpaired) electrons. The highest BCUT2D eigenvalue weighted by Gasteiger charge is 2.25. The second-order valence-corrected chi connectivity index (χ2v) is 11.3. The molecule has 8 N–H and O–H groups in total. The number of carbonyl (C=O) groups is 1. The number of hydrogen-bond acceptors (Lipinski definition) is 8. The van der Waals surface area contributed by atoms with Crippen LogP contribution >= 0.6 is 0 Å². The van der Waals surface area contributed by atoms with Gasteiger partial charge in [-0.1, -0.05) is 76.6 Å². The molecule has 0 spiro atoms. The lowest BCUT2D eigenvalue weighted by Crippen LogP contribution is -2.35. The molecule has 9 heteroatoms. The summed E-state index contributed by atoms with van der Waals surface area (Å²) < 4.78 is 0. The highest BCUT2D eigenvalue weighted by Crippen LogP contribution is 2.21. The maximum absolute atomic E-state index is 10.8. The highest BCUT2D eigenvalue weighted by molar-refractivity contribution is 5.72. The molecule has 9 atom stereocenters. The van der Waals surface area contributed by atoms with Gasteiger partial charge in [0, 0.05) is 12.3 Å². The summed E-state index contributed by atoms with van der Waals surface area (Å²) in [4.78, 5) is 10.6. The van der Waals surface area contributed by atoms with Crippen LogP contribution in [0.5, 0.6) is 0 Å². The summed E-state index contributed by atoms with van der Waals surface area (Å²) in [7, 11) is 0. The van der Waals surface area contributed by atoms with Crippen molar-refractivity contribution in [3.05, 3.63) is 59.3 Å². The molecule has 0 aliphatic heterocycles. The minimum atomic E-state index is -1.99. The molecule has 9 unspecified atom stereocenters. The molecule has 0 amide bonds.